The first-order valence-corrected chi connectivity index (χ1v) is 10.2. The van der Waals surface area contributed by atoms with E-state index in [0.717, 1.165) is 61.9 Å². The van der Waals surface area contributed by atoms with E-state index in [1.165, 1.54) is 5.56 Å². The second-order valence-electron chi connectivity index (χ2n) is 7.33. The van der Waals surface area contributed by atoms with Crippen molar-refractivity contribution in [2.75, 3.05) is 52.3 Å². The maximum absolute atomic E-state index is 12.4. The monoisotopic (exact) mass is 397 g/mol. The molecule has 1 amide bonds. The minimum atomic E-state index is 0.0427. The molecule has 1 aliphatic heterocycles. The number of benzene rings is 2. The predicted molar refractivity (Wildman–Crippen MR) is 116 cm³/mol. The molecule has 6 nitrogen and oxygen atoms in total. The summed E-state index contributed by atoms with van der Waals surface area (Å²) in [6.45, 7) is 6.92. The number of anilines is 1. The lowest BCUT2D eigenvalue weighted by molar-refractivity contribution is -0.117. The maximum atomic E-state index is 12.4. The van der Waals surface area contributed by atoms with Crippen LogP contribution in [0.1, 0.15) is 18.1 Å². The third-order valence-corrected chi connectivity index (χ3v) is 5.33. The van der Waals surface area contributed by atoms with Gasteiger partial charge in [-0.05, 0) is 42.3 Å². The Hall–Kier alpha value is -2.57. The number of carbonyl (C=O) groups is 1. The highest BCUT2D eigenvalue weighted by molar-refractivity contribution is 5.92. The molecule has 1 aliphatic rings. The van der Waals surface area contributed by atoms with Gasteiger partial charge in [0.15, 0.2) is 0 Å². The summed E-state index contributed by atoms with van der Waals surface area (Å²) in [6.07, 6.45) is 0.962. The number of hydrogen-bond donors (Lipinski definition) is 1. The quantitative estimate of drug-likeness (QED) is 0.742. The summed E-state index contributed by atoms with van der Waals surface area (Å²) in [5.41, 5.74) is 3.22. The Morgan fingerprint density at radius 2 is 1.76 bits per heavy atom. The molecule has 0 unspecified atom stereocenters. The minimum absolute atomic E-state index is 0.0427. The van der Waals surface area contributed by atoms with Crippen molar-refractivity contribution in [2.45, 2.75) is 19.9 Å². The van der Waals surface area contributed by atoms with Crippen LogP contribution in [0.2, 0.25) is 0 Å². The SMILES string of the molecule is CCc1cccc(NC(=O)CN2CCN(Cc3cc(OC)ccc3OC)CC2)c1. The van der Waals surface area contributed by atoms with E-state index in [-0.39, 0.29) is 5.91 Å². The molecular weight excluding hydrogens is 366 g/mol. The van der Waals surface area contributed by atoms with Gasteiger partial charge in [0.05, 0.1) is 20.8 Å². The van der Waals surface area contributed by atoms with E-state index < -0.39 is 0 Å². The van der Waals surface area contributed by atoms with Crippen LogP contribution in [0.5, 0.6) is 11.5 Å². The molecule has 156 valence electrons. The molecule has 0 atom stereocenters. The van der Waals surface area contributed by atoms with Crippen LogP contribution >= 0.6 is 0 Å². The molecule has 0 bridgehead atoms. The molecule has 3 rings (SSSR count). The average Bonchev–Trinajstić information content (AvgIpc) is 2.75. The number of amides is 1. The zero-order valence-corrected chi connectivity index (χ0v) is 17.6. The number of methoxy groups -OCH3 is 2. The molecule has 29 heavy (non-hydrogen) atoms. The van der Waals surface area contributed by atoms with Crippen molar-refractivity contribution in [3.63, 3.8) is 0 Å². The third kappa shape index (κ3) is 5.95. The van der Waals surface area contributed by atoms with Crippen molar-refractivity contribution in [1.82, 2.24) is 9.80 Å². The highest BCUT2D eigenvalue weighted by Crippen LogP contribution is 2.25. The number of rotatable bonds is 8. The molecule has 1 heterocycles. The second-order valence-corrected chi connectivity index (χ2v) is 7.33. The van der Waals surface area contributed by atoms with Crippen LogP contribution in [-0.4, -0.2) is 62.7 Å². The van der Waals surface area contributed by atoms with Gasteiger partial charge in [-0.3, -0.25) is 14.6 Å². The van der Waals surface area contributed by atoms with E-state index in [9.17, 15) is 4.79 Å². The fourth-order valence-corrected chi connectivity index (χ4v) is 3.62. The standard InChI is InChI=1S/C23H31N3O3/c1-4-18-6-5-7-20(14-18)24-23(27)17-26-12-10-25(11-13-26)16-19-15-21(28-2)8-9-22(19)29-3/h5-9,14-15H,4,10-13,16-17H2,1-3H3,(H,24,27). The van der Waals surface area contributed by atoms with Gasteiger partial charge < -0.3 is 14.8 Å². The van der Waals surface area contributed by atoms with E-state index in [1.54, 1.807) is 14.2 Å². The van der Waals surface area contributed by atoms with E-state index in [0.29, 0.717) is 6.54 Å². The lowest BCUT2D eigenvalue weighted by atomic mass is 10.1. The molecular formula is C23H31N3O3. The summed E-state index contributed by atoms with van der Waals surface area (Å²) >= 11 is 0. The van der Waals surface area contributed by atoms with Gasteiger partial charge in [-0.15, -0.1) is 0 Å². The largest absolute Gasteiger partial charge is 0.497 e. The number of aryl methyl sites for hydroxylation is 1. The molecule has 1 saturated heterocycles. The topological polar surface area (TPSA) is 54.0 Å². The molecule has 2 aromatic carbocycles. The summed E-state index contributed by atoms with van der Waals surface area (Å²) in [6, 6.07) is 13.9. The second kappa shape index (κ2) is 10.3. The maximum Gasteiger partial charge on any atom is 0.238 e. The number of carbonyl (C=O) groups excluding carboxylic acids is 1. The third-order valence-electron chi connectivity index (χ3n) is 5.33. The summed E-state index contributed by atoms with van der Waals surface area (Å²) < 4.78 is 10.8. The van der Waals surface area contributed by atoms with Crippen molar-refractivity contribution in [2.24, 2.45) is 0 Å². The Morgan fingerprint density at radius 1 is 1.00 bits per heavy atom. The molecule has 0 spiro atoms. The van der Waals surface area contributed by atoms with Crippen LogP contribution in [0.25, 0.3) is 0 Å². The highest BCUT2D eigenvalue weighted by atomic mass is 16.5. The zero-order valence-electron chi connectivity index (χ0n) is 17.6. The van der Waals surface area contributed by atoms with Gasteiger partial charge in [-0.25, -0.2) is 0 Å². The van der Waals surface area contributed by atoms with E-state index >= 15 is 0 Å². The van der Waals surface area contributed by atoms with Gasteiger partial charge in [0.1, 0.15) is 11.5 Å². The molecule has 0 radical (unpaired) electrons. The number of nitrogens with one attached hydrogen (secondary N) is 1. The number of ether oxygens (including phenoxy) is 2. The smallest absolute Gasteiger partial charge is 0.238 e. The van der Waals surface area contributed by atoms with Crippen LogP contribution in [0.15, 0.2) is 42.5 Å². The number of hydrogen-bond acceptors (Lipinski definition) is 5. The van der Waals surface area contributed by atoms with E-state index in [4.69, 9.17) is 9.47 Å². The molecule has 6 heteroatoms. The number of nitrogens with zero attached hydrogens (tertiary/aromatic N) is 2. The summed E-state index contributed by atoms with van der Waals surface area (Å²) in [5.74, 6) is 1.76. The fourth-order valence-electron chi connectivity index (χ4n) is 3.62. The van der Waals surface area contributed by atoms with Gasteiger partial charge in [0.2, 0.25) is 5.91 Å². The van der Waals surface area contributed by atoms with Gasteiger partial charge >= 0.3 is 0 Å². The van der Waals surface area contributed by atoms with Crippen molar-refractivity contribution in [3.8, 4) is 11.5 Å². The fraction of sp³-hybridized carbons (Fsp3) is 0.435. The Labute approximate surface area is 173 Å². The van der Waals surface area contributed by atoms with E-state index in [1.807, 2.05) is 36.4 Å². The molecule has 1 N–H and O–H groups in total. The van der Waals surface area contributed by atoms with Crippen molar-refractivity contribution in [1.29, 1.82) is 0 Å². The molecule has 0 saturated carbocycles. The first kappa shape index (κ1) is 21.1. The Balaban J connectivity index is 1.48. The summed E-state index contributed by atoms with van der Waals surface area (Å²) in [4.78, 5) is 17.0. The number of piperazine rings is 1. The van der Waals surface area contributed by atoms with Crippen LogP contribution < -0.4 is 14.8 Å². The Bertz CT molecular complexity index is 817. The Kier molecular flexibility index (Phi) is 7.49. The molecule has 0 aliphatic carbocycles. The summed E-state index contributed by atoms with van der Waals surface area (Å²) in [7, 11) is 3.37. The predicted octanol–water partition coefficient (Wildman–Crippen LogP) is 3.02. The van der Waals surface area contributed by atoms with Crippen LogP contribution in [0.4, 0.5) is 5.69 Å². The summed E-state index contributed by atoms with van der Waals surface area (Å²) in [5, 5.41) is 3.02. The van der Waals surface area contributed by atoms with Crippen molar-refractivity contribution >= 4 is 11.6 Å². The Morgan fingerprint density at radius 3 is 2.45 bits per heavy atom. The van der Waals surface area contributed by atoms with Gasteiger partial charge in [-0.2, -0.15) is 0 Å². The first-order valence-electron chi connectivity index (χ1n) is 10.2. The van der Waals surface area contributed by atoms with Gasteiger partial charge in [0.25, 0.3) is 0 Å². The molecule has 1 fully saturated rings. The zero-order chi connectivity index (χ0) is 20.6. The molecule has 2 aromatic rings. The van der Waals surface area contributed by atoms with Crippen molar-refractivity contribution < 1.29 is 14.3 Å². The van der Waals surface area contributed by atoms with Crippen LogP contribution in [0, 0.1) is 0 Å². The lowest BCUT2D eigenvalue weighted by Crippen LogP contribution is -2.48. The van der Waals surface area contributed by atoms with Gasteiger partial charge in [-0.1, -0.05) is 19.1 Å². The average molecular weight is 398 g/mol. The van der Waals surface area contributed by atoms with Crippen LogP contribution in [0.3, 0.4) is 0 Å². The lowest BCUT2D eigenvalue weighted by Gasteiger charge is -2.34. The minimum Gasteiger partial charge on any atom is -0.497 e. The normalized spacial score (nSPS) is 15.1. The molecule has 0 aromatic heterocycles. The van der Waals surface area contributed by atoms with E-state index in [2.05, 4.69) is 28.1 Å². The van der Waals surface area contributed by atoms with Crippen molar-refractivity contribution in [3.05, 3.63) is 53.6 Å². The highest BCUT2D eigenvalue weighted by Gasteiger charge is 2.20. The van der Waals surface area contributed by atoms with Gasteiger partial charge in [0, 0.05) is 44.0 Å². The first-order chi connectivity index (χ1) is 14.1. The van der Waals surface area contributed by atoms with Crippen LogP contribution in [-0.2, 0) is 17.8 Å².